The van der Waals surface area contributed by atoms with Gasteiger partial charge in [-0.15, -0.1) is 0 Å². The molecule has 0 radical (unpaired) electrons. The summed E-state index contributed by atoms with van der Waals surface area (Å²) in [4.78, 5) is 17.8. The first kappa shape index (κ1) is 12.8. The largest absolute Gasteiger partial charge is 0.268 e. The van der Waals surface area contributed by atoms with Crippen LogP contribution in [0.3, 0.4) is 0 Å². The summed E-state index contributed by atoms with van der Waals surface area (Å²) < 4.78 is 1.77. The molecule has 0 N–H and O–H groups in total. The maximum Gasteiger partial charge on any atom is 0.265 e. The molecule has 0 saturated heterocycles. The number of rotatable bonds is 1. The summed E-state index contributed by atoms with van der Waals surface area (Å²) in [6.07, 6.45) is 7.94. The van der Waals surface area contributed by atoms with E-state index in [1.807, 2.05) is 30.3 Å². The SMILES string of the molecule is O=C1c2c(cccc2C2C=CCCC2)-c2nc3ccccc3n21. The minimum atomic E-state index is 0.0678. The van der Waals surface area contributed by atoms with Crippen LogP contribution in [0.25, 0.3) is 22.4 Å². The Morgan fingerprint density at radius 1 is 1.09 bits per heavy atom. The van der Waals surface area contributed by atoms with Crippen LogP contribution < -0.4 is 0 Å². The van der Waals surface area contributed by atoms with Gasteiger partial charge in [-0.25, -0.2) is 4.98 Å². The highest BCUT2D eigenvalue weighted by molar-refractivity contribution is 6.13. The lowest BCUT2D eigenvalue weighted by Crippen LogP contribution is -2.11. The Balaban J connectivity index is 1.77. The van der Waals surface area contributed by atoms with Crippen LogP contribution >= 0.6 is 0 Å². The number of hydrogen-bond acceptors (Lipinski definition) is 2. The van der Waals surface area contributed by atoms with Gasteiger partial charge in [-0.1, -0.05) is 42.5 Å². The Morgan fingerprint density at radius 2 is 2.00 bits per heavy atom. The van der Waals surface area contributed by atoms with Gasteiger partial charge in [0, 0.05) is 11.5 Å². The quantitative estimate of drug-likeness (QED) is 0.484. The van der Waals surface area contributed by atoms with Gasteiger partial charge in [0.2, 0.25) is 0 Å². The van der Waals surface area contributed by atoms with Crippen molar-refractivity contribution in [2.45, 2.75) is 25.2 Å². The van der Waals surface area contributed by atoms with E-state index in [0.717, 1.165) is 46.4 Å². The molecule has 0 spiro atoms. The lowest BCUT2D eigenvalue weighted by atomic mass is 9.85. The number of carbonyl (C=O) groups is 1. The number of imidazole rings is 1. The number of carbonyl (C=O) groups excluding carboxylic acids is 1. The zero-order valence-corrected chi connectivity index (χ0v) is 12.7. The van der Waals surface area contributed by atoms with Crippen LogP contribution in [0.2, 0.25) is 0 Å². The highest BCUT2D eigenvalue weighted by Gasteiger charge is 2.33. The molecule has 0 amide bonds. The molecule has 2 aromatic carbocycles. The molecule has 1 aromatic heterocycles. The van der Waals surface area contributed by atoms with Gasteiger partial charge in [0.15, 0.2) is 0 Å². The van der Waals surface area contributed by atoms with Crippen molar-refractivity contribution in [1.29, 1.82) is 0 Å². The molecule has 1 aliphatic heterocycles. The second-order valence-electron chi connectivity index (χ2n) is 6.30. The van der Waals surface area contributed by atoms with E-state index < -0.39 is 0 Å². The van der Waals surface area contributed by atoms with Gasteiger partial charge in [0.05, 0.1) is 16.6 Å². The van der Waals surface area contributed by atoms with Crippen molar-refractivity contribution in [2.24, 2.45) is 0 Å². The number of para-hydroxylation sites is 2. The normalized spacial score (nSPS) is 19.1. The first-order valence-corrected chi connectivity index (χ1v) is 8.17. The van der Waals surface area contributed by atoms with Gasteiger partial charge in [-0.2, -0.15) is 0 Å². The Morgan fingerprint density at radius 3 is 2.87 bits per heavy atom. The van der Waals surface area contributed by atoms with Gasteiger partial charge in [-0.05, 0) is 37.0 Å². The molecule has 0 bridgehead atoms. The smallest absolute Gasteiger partial charge is 0.265 e. The Labute approximate surface area is 134 Å². The number of fused-ring (bicyclic) bond motifs is 5. The third-order valence-electron chi connectivity index (χ3n) is 4.97. The minimum absolute atomic E-state index is 0.0678. The van der Waals surface area contributed by atoms with Crippen molar-refractivity contribution in [1.82, 2.24) is 9.55 Å². The second kappa shape index (κ2) is 4.66. The van der Waals surface area contributed by atoms with E-state index >= 15 is 0 Å². The average molecular weight is 300 g/mol. The van der Waals surface area contributed by atoms with Crippen LogP contribution in [-0.2, 0) is 0 Å². The number of benzene rings is 2. The maximum atomic E-state index is 13.1. The molecule has 1 atom stereocenters. The fourth-order valence-electron chi connectivity index (χ4n) is 3.90. The molecule has 23 heavy (non-hydrogen) atoms. The second-order valence-corrected chi connectivity index (χ2v) is 6.30. The van der Waals surface area contributed by atoms with Crippen molar-refractivity contribution in [3.63, 3.8) is 0 Å². The van der Waals surface area contributed by atoms with Crippen molar-refractivity contribution in [3.05, 3.63) is 65.7 Å². The molecule has 2 heterocycles. The van der Waals surface area contributed by atoms with E-state index in [0.29, 0.717) is 5.92 Å². The fourth-order valence-corrected chi connectivity index (χ4v) is 3.90. The first-order valence-electron chi connectivity index (χ1n) is 8.17. The topological polar surface area (TPSA) is 34.9 Å². The van der Waals surface area contributed by atoms with Crippen LogP contribution in [0.5, 0.6) is 0 Å². The van der Waals surface area contributed by atoms with Crippen LogP contribution in [0.15, 0.2) is 54.6 Å². The molecule has 1 unspecified atom stereocenters. The van der Waals surface area contributed by atoms with E-state index in [4.69, 9.17) is 4.98 Å². The van der Waals surface area contributed by atoms with Crippen LogP contribution in [0, 0.1) is 0 Å². The Bertz CT molecular complexity index is 980. The van der Waals surface area contributed by atoms with Gasteiger partial charge in [-0.3, -0.25) is 9.36 Å². The molecule has 3 aromatic rings. The Hall–Kier alpha value is -2.68. The summed E-state index contributed by atoms with van der Waals surface area (Å²) in [5.74, 6) is 1.20. The molecular weight excluding hydrogens is 284 g/mol. The fraction of sp³-hybridized carbons (Fsp3) is 0.200. The maximum absolute atomic E-state index is 13.1. The molecule has 3 heteroatoms. The van der Waals surface area contributed by atoms with Gasteiger partial charge < -0.3 is 0 Å². The predicted octanol–water partition coefficient (Wildman–Crippen LogP) is 4.53. The molecule has 3 nitrogen and oxygen atoms in total. The lowest BCUT2D eigenvalue weighted by molar-refractivity contribution is 0.0972. The van der Waals surface area contributed by atoms with Crippen molar-refractivity contribution in [2.75, 3.05) is 0 Å². The molecule has 2 aliphatic rings. The highest BCUT2D eigenvalue weighted by Crippen LogP contribution is 2.40. The van der Waals surface area contributed by atoms with Crippen molar-refractivity contribution < 1.29 is 4.79 Å². The zero-order valence-electron chi connectivity index (χ0n) is 12.7. The number of hydrogen-bond donors (Lipinski definition) is 0. The number of allylic oxidation sites excluding steroid dienone is 2. The molecule has 0 saturated carbocycles. The van der Waals surface area contributed by atoms with E-state index in [9.17, 15) is 4.79 Å². The molecular formula is C20H16N2O. The summed E-state index contributed by atoms with van der Waals surface area (Å²) in [6.45, 7) is 0. The van der Waals surface area contributed by atoms with E-state index in [2.05, 4.69) is 24.3 Å². The highest BCUT2D eigenvalue weighted by atomic mass is 16.2. The monoisotopic (exact) mass is 300 g/mol. The molecule has 112 valence electrons. The standard InChI is InChI=1S/C20H16N2O/c23-20-18-14(13-7-2-1-3-8-13)9-6-10-15(18)19-21-16-11-4-5-12-17(16)22(19)20/h2,4-7,9-13H,1,3,8H2. The summed E-state index contributed by atoms with van der Waals surface area (Å²) >= 11 is 0. The summed E-state index contributed by atoms with van der Waals surface area (Å²) in [5.41, 5.74) is 4.75. The molecule has 5 rings (SSSR count). The van der Waals surface area contributed by atoms with E-state index in [1.165, 1.54) is 6.42 Å². The average Bonchev–Trinajstić information content (AvgIpc) is 3.12. The van der Waals surface area contributed by atoms with Gasteiger partial charge >= 0.3 is 0 Å². The van der Waals surface area contributed by atoms with E-state index in [1.54, 1.807) is 4.57 Å². The van der Waals surface area contributed by atoms with Crippen LogP contribution in [-0.4, -0.2) is 15.5 Å². The van der Waals surface area contributed by atoms with Crippen LogP contribution in [0.4, 0.5) is 0 Å². The predicted molar refractivity (Wildman–Crippen MR) is 90.6 cm³/mol. The van der Waals surface area contributed by atoms with Crippen LogP contribution in [0.1, 0.15) is 41.1 Å². The molecule has 1 aliphatic carbocycles. The van der Waals surface area contributed by atoms with Gasteiger partial charge in [0.25, 0.3) is 5.91 Å². The van der Waals surface area contributed by atoms with E-state index in [-0.39, 0.29) is 5.91 Å². The number of nitrogens with zero attached hydrogens (tertiary/aromatic N) is 2. The summed E-state index contributed by atoms with van der Waals surface area (Å²) in [7, 11) is 0. The summed E-state index contributed by atoms with van der Waals surface area (Å²) in [6, 6.07) is 14.0. The van der Waals surface area contributed by atoms with Gasteiger partial charge in [0.1, 0.15) is 5.82 Å². The minimum Gasteiger partial charge on any atom is -0.268 e. The third-order valence-corrected chi connectivity index (χ3v) is 4.97. The lowest BCUT2D eigenvalue weighted by Gasteiger charge is -2.19. The summed E-state index contributed by atoms with van der Waals surface area (Å²) in [5, 5.41) is 0. The Kier molecular flexibility index (Phi) is 2.60. The number of aromatic nitrogens is 2. The van der Waals surface area contributed by atoms with Crippen molar-refractivity contribution >= 4 is 16.9 Å². The first-order chi connectivity index (χ1) is 11.3. The van der Waals surface area contributed by atoms with Crippen molar-refractivity contribution in [3.8, 4) is 11.4 Å². The molecule has 0 fully saturated rings. The third kappa shape index (κ3) is 1.70. The zero-order chi connectivity index (χ0) is 15.4.